The average molecular weight is 310 g/mol. The number of benzene rings is 1. The van der Waals surface area contributed by atoms with Crippen LogP contribution in [0.1, 0.15) is 10.4 Å². The molecule has 106 valence electrons. The van der Waals surface area contributed by atoms with E-state index >= 15 is 0 Å². The second kappa shape index (κ2) is 6.77. The van der Waals surface area contributed by atoms with Crippen LogP contribution in [0.4, 0.5) is 5.69 Å². The average Bonchev–Trinajstić information content (AvgIpc) is 2.97. The molecule has 0 spiro atoms. The van der Waals surface area contributed by atoms with Crippen molar-refractivity contribution in [3.8, 4) is 5.75 Å². The highest BCUT2D eigenvalue weighted by atomic mass is 35.5. The number of hydrogen-bond acceptors (Lipinski definition) is 3. The molecule has 2 rings (SSSR count). The Labute approximate surface area is 127 Å². The Balaban J connectivity index is 2.40. The maximum Gasteiger partial charge on any atom is 0.242 e. The van der Waals surface area contributed by atoms with Crippen molar-refractivity contribution < 1.29 is 9.53 Å². The molecule has 2 aromatic rings. The number of anilines is 1. The van der Waals surface area contributed by atoms with E-state index in [1.807, 2.05) is 42.6 Å². The SMILES string of the molecule is COc1ccc(C)cc1N(Cc1cccs1)C(=O)CCl. The van der Waals surface area contributed by atoms with Gasteiger partial charge < -0.3 is 9.64 Å². The molecule has 1 amide bonds. The summed E-state index contributed by atoms with van der Waals surface area (Å²) in [5.74, 6) is 0.484. The van der Waals surface area contributed by atoms with Crippen LogP contribution in [-0.4, -0.2) is 18.9 Å². The molecule has 0 aliphatic heterocycles. The fourth-order valence-corrected chi connectivity index (χ4v) is 2.79. The molecule has 0 saturated carbocycles. The predicted molar refractivity (Wildman–Crippen MR) is 84.0 cm³/mol. The molecule has 0 atom stereocenters. The summed E-state index contributed by atoms with van der Waals surface area (Å²) >= 11 is 7.36. The largest absolute Gasteiger partial charge is 0.495 e. The van der Waals surface area contributed by atoms with Gasteiger partial charge >= 0.3 is 0 Å². The molecule has 0 unspecified atom stereocenters. The molecule has 20 heavy (non-hydrogen) atoms. The first-order chi connectivity index (χ1) is 9.65. The van der Waals surface area contributed by atoms with E-state index in [2.05, 4.69) is 0 Å². The van der Waals surface area contributed by atoms with Gasteiger partial charge in [0.2, 0.25) is 5.91 Å². The number of thiophene rings is 1. The molecule has 0 saturated heterocycles. The lowest BCUT2D eigenvalue weighted by atomic mass is 10.2. The van der Waals surface area contributed by atoms with E-state index < -0.39 is 0 Å². The van der Waals surface area contributed by atoms with E-state index in [0.29, 0.717) is 12.3 Å². The predicted octanol–water partition coefficient (Wildman–Crippen LogP) is 3.84. The number of aryl methyl sites for hydroxylation is 1. The van der Waals surface area contributed by atoms with Crippen LogP contribution < -0.4 is 9.64 Å². The molecule has 1 heterocycles. The van der Waals surface area contributed by atoms with Crippen LogP contribution >= 0.6 is 22.9 Å². The molecular formula is C15H16ClNO2S. The number of alkyl halides is 1. The molecule has 1 aromatic heterocycles. The van der Waals surface area contributed by atoms with E-state index in [1.165, 1.54) is 0 Å². The topological polar surface area (TPSA) is 29.5 Å². The summed E-state index contributed by atoms with van der Waals surface area (Å²) < 4.78 is 5.36. The molecule has 0 aliphatic carbocycles. The minimum atomic E-state index is -0.135. The lowest BCUT2D eigenvalue weighted by molar-refractivity contribution is -0.116. The van der Waals surface area contributed by atoms with Crippen LogP contribution in [0, 0.1) is 6.92 Å². The number of methoxy groups -OCH3 is 1. The molecule has 1 aromatic carbocycles. The first-order valence-electron chi connectivity index (χ1n) is 6.19. The highest BCUT2D eigenvalue weighted by Gasteiger charge is 2.19. The first-order valence-corrected chi connectivity index (χ1v) is 7.60. The highest BCUT2D eigenvalue weighted by Crippen LogP contribution is 2.31. The Kier molecular flexibility index (Phi) is 5.04. The minimum absolute atomic E-state index is 0.0531. The van der Waals surface area contributed by atoms with Crippen molar-refractivity contribution in [1.82, 2.24) is 0 Å². The maximum absolute atomic E-state index is 12.2. The first kappa shape index (κ1) is 14.9. The van der Waals surface area contributed by atoms with Crippen molar-refractivity contribution in [2.24, 2.45) is 0 Å². The van der Waals surface area contributed by atoms with Crippen molar-refractivity contribution >= 4 is 34.5 Å². The summed E-state index contributed by atoms with van der Waals surface area (Å²) in [4.78, 5) is 14.9. The summed E-state index contributed by atoms with van der Waals surface area (Å²) in [6.45, 7) is 2.49. The van der Waals surface area contributed by atoms with E-state index in [1.54, 1.807) is 23.3 Å². The molecule has 0 N–H and O–H groups in total. The van der Waals surface area contributed by atoms with Gasteiger partial charge in [-0.3, -0.25) is 4.79 Å². The Morgan fingerprint density at radius 2 is 2.20 bits per heavy atom. The highest BCUT2D eigenvalue weighted by molar-refractivity contribution is 7.09. The van der Waals surface area contributed by atoms with Crippen molar-refractivity contribution in [3.05, 3.63) is 46.2 Å². The van der Waals surface area contributed by atoms with Gasteiger partial charge in [-0.2, -0.15) is 0 Å². The number of rotatable bonds is 5. The molecule has 5 heteroatoms. The summed E-state index contributed by atoms with van der Waals surface area (Å²) in [6.07, 6.45) is 0. The second-order valence-corrected chi connectivity index (χ2v) is 5.67. The fraction of sp³-hybridized carbons (Fsp3) is 0.267. The Hall–Kier alpha value is -1.52. The van der Waals surface area contributed by atoms with Gasteiger partial charge in [-0.1, -0.05) is 12.1 Å². The lowest BCUT2D eigenvalue weighted by Crippen LogP contribution is -2.31. The molecule has 0 bridgehead atoms. The van der Waals surface area contributed by atoms with E-state index in [0.717, 1.165) is 16.1 Å². The van der Waals surface area contributed by atoms with Crippen LogP contribution in [0.2, 0.25) is 0 Å². The van der Waals surface area contributed by atoms with E-state index in [-0.39, 0.29) is 11.8 Å². The number of amides is 1. The number of ether oxygens (including phenoxy) is 1. The zero-order valence-electron chi connectivity index (χ0n) is 11.4. The van der Waals surface area contributed by atoms with E-state index in [4.69, 9.17) is 16.3 Å². The molecule has 0 fully saturated rings. The van der Waals surface area contributed by atoms with Crippen molar-refractivity contribution in [1.29, 1.82) is 0 Å². The van der Waals surface area contributed by atoms with Crippen LogP contribution in [0.5, 0.6) is 5.75 Å². The third-order valence-corrected chi connectivity index (χ3v) is 4.02. The van der Waals surface area contributed by atoms with Crippen LogP contribution in [0.25, 0.3) is 0 Å². The number of nitrogens with zero attached hydrogens (tertiary/aromatic N) is 1. The molecule has 0 radical (unpaired) electrons. The van der Waals surface area contributed by atoms with Crippen molar-refractivity contribution in [3.63, 3.8) is 0 Å². The summed E-state index contributed by atoms with van der Waals surface area (Å²) in [5.41, 5.74) is 1.82. The van der Waals surface area contributed by atoms with Crippen LogP contribution in [-0.2, 0) is 11.3 Å². The van der Waals surface area contributed by atoms with Gasteiger partial charge in [0.05, 0.1) is 19.3 Å². The van der Waals surface area contributed by atoms with Gasteiger partial charge in [0.15, 0.2) is 0 Å². The third kappa shape index (κ3) is 3.32. The second-order valence-electron chi connectivity index (χ2n) is 4.37. The maximum atomic E-state index is 12.2. The van der Waals surface area contributed by atoms with Crippen LogP contribution in [0.3, 0.4) is 0 Å². The van der Waals surface area contributed by atoms with Gasteiger partial charge in [0, 0.05) is 4.88 Å². The van der Waals surface area contributed by atoms with Gasteiger partial charge in [-0.05, 0) is 36.1 Å². The zero-order valence-corrected chi connectivity index (χ0v) is 13.0. The van der Waals surface area contributed by atoms with Crippen molar-refractivity contribution in [2.75, 3.05) is 17.9 Å². The number of carbonyl (C=O) groups is 1. The zero-order chi connectivity index (χ0) is 14.5. The smallest absolute Gasteiger partial charge is 0.242 e. The van der Waals surface area contributed by atoms with Crippen molar-refractivity contribution in [2.45, 2.75) is 13.5 Å². The molecule has 0 aliphatic rings. The fourth-order valence-electron chi connectivity index (χ4n) is 1.95. The monoisotopic (exact) mass is 309 g/mol. The summed E-state index contributed by atoms with van der Waals surface area (Å²) in [7, 11) is 1.60. The molecular weight excluding hydrogens is 294 g/mol. The summed E-state index contributed by atoms with van der Waals surface area (Å²) in [5, 5.41) is 1.99. The lowest BCUT2D eigenvalue weighted by Gasteiger charge is -2.24. The van der Waals surface area contributed by atoms with Crippen LogP contribution in [0.15, 0.2) is 35.7 Å². The van der Waals surface area contributed by atoms with E-state index in [9.17, 15) is 4.79 Å². The summed E-state index contributed by atoms with van der Waals surface area (Å²) in [6, 6.07) is 9.74. The number of carbonyl (C=O) groups excluding carboxylic acids is 1. The molecule has 3 nitrogen and oxygen atoms in total. The Morgan fingerprint density at radius 1 is 1.40 bits per heavy atom. The van der Waals surface area contributed by atoms with Gasteiger partial charge in [0.1, 0.15) is 11.6 Å². The minimum Gasteiger partial charge on any atom is -0.495 e. The van der Waals surface area contributed by atoms with Gasteiger partial charge in [0.25, 0.3) is 0 Å². The normalized spacial score (nSPS) is 10.3. The van der Waals surface area contributed by atoms with Gasteiger partial charge in [-0.15, -0.1) is 22.9 Å². The Morgan fingerprint density at radius 3 is 2.80 bits per heavy atom. The Bertz CT molecular complexity index is 584. The van der Waals surface area contributed by atoms with Gasteiger partial charge in [-0.25, -0.2) is 0 Å². The third-order valence-electron chi connectivity index (χ3n) is 2.93. The quantitative estimate of drug-likeness (QED) is 0.785. The standard InChI is InChI=1S/C15H16ClNO2S/c1-11-5-6-14(19-2)13(8-11)17(15(18)9-16)10-12-4-3-7-20-12/h3-8H,9-10H2,1-2H3. The number of halogens is 1. The number of hydrogen-bond donors (Lipinski definition) is 0.